The van der Waals surface area contributed by atoms with Crippen LogP contribution in [-0.4, -0.2) is 24.1 Å². The summed E-state index contributed by atoms with van der Waals surface area (Å²) in [7, 11) is 10.4. The molecule has 0 nitrogen and oxygen atoms in total. The highest BCUT2D eigenvalue weighted by atomic mass is 19.2. The molecule has 2 aromatic rings. The van der Waals surface area contributed by atoms with Crippen molar-refractivity contribution in [2.45, 2.75) is 101 Å². The Morgan fingerprint density at radius 3 is 1.19 bits per heavy atom. The van der Waals surface area contributed by atoms with Gasteiger partial charge in [0.05, 0.1) is 15.7 Å². The summed E-state index contributed by atoms with van der Waals surface area (Å²) in [6.07, 6.45) is 2.56. The van der Waals surface area contributed by atoms with E-state index >= 15 is 0 Å². The van der Waals surface area contributed by atoms with E-state index in [0.717, 1.165) is 26.2 Å². The molecule has 0 amide bonds. The summed E-state index contributed by atoms with van der Waals surface area (Å²) >= 11 is 0. The standard InChI is InChI=1S/C11H16.C8H6F4.C4H8B2.C4H10.C2H6.B/c1-4-10-7-5-6-8-11(10)9(2)3;1-3-5(9)7(11)4(2)8(12)6(3)10;1-4(2-5)3-6;1-4(2)3;1-2;/h5-9H,4H2,1-3H3;1-2H3;4H,2-3H2,1H3;4H,1-3H3;1-2H3;. The van der Waals surface area contributed by atoms with Crippen molar-refractivity contribution in [2.75, 3.05) is 0 Å². The van der Waals surface area contributed by atoms with E-state index in [1.807, 2.05) is 20.8 Å². The number of benzene rings is 2. The molecule has 0 spiro atoms. The minimum atomic E-state index is -1.33. The highest BCUT2D eigenvalue weighted by molar-refractivity contribution is 6.11. The Labute approximate surface area is 224 Å². The second kappa shape index (κ2) is 23.7. The van der Waals surface area contributed by atoms with Gasteiger partial charge in [0, 0.05) is 19.5 Å². The molecule has 7 radical (unpaired) electrons. The summed E-state index contributed by atoms with van der Waals surface area (Å²) in [5.41, 5.74) is 1.73. The molecular formula is C29H46B3F4. The Bertz CT molecular complexity index is 698. The fraction of sp³-hybridized carbons (Fsp3) is 0.586. The molecule has 0 unspecified atom stereocenters. The molecule has 0 heterocycles. The second-order valence-corrected chi connectivity index (χ2v) is 9.02. The lowest BCUT2D eigenvalue weighted by atomic mass is 9.83. The van der Waals surface area contributed by atoms with E-state index in [1.165, 1.54) is 11.1 Å². The Hall–Kier alpha value is -1.65. The molecule has 0 fully saturated rings. The first kappa shape index (κ1) is 41.5. The van der Waals surface area contributed by atoms with Gasteiger partial charge in [0.1, 0.15) is 0 Å². The second-order valence-electron chi connectivity index (χ2n) is 9.02. The van der Waals surface area contributed by atoms with Crippen LogP contribution in [-0.2, 0) is 6.42 Å². The molecule has 0 saturated heterocycles. The van der Waals surface area contributed by atoms with Crippen molar-refractivity contribution >= 4 is 24.1 Å². The molecule has 2 rings (SSSR count). The Morgan fingerprint density at radius 1 is 0.694 bits per heavy atom. The van der Waals surface area contributed by atoms with Crippen LogP contribution in [0.25, 0.3) is 0 Å². The number of aryl methyl sites for hydroxylation is 1. The Balaban J connectivity index is -0.000000197. The van der Waals surface area contributed by atoms with Crippen molar-refractivity contribution in [2.24, 2.45) is 11.8 Å². The minimum Gasteiger partial charge on any atom is -0.203 e. The summed E-state index contributed by atoms with van der Waals surface area (Å²) in [5, 5.41) is 0. The van der Waals surface area contributed by atoms with Crippen molar-refractivity contribution in [1.29, 1.82) is 0 Å². The summed E-state index contributed by atoms with van der Waals surface area (Å²) < 4.78 is 50.6. The smallest absolute Gasteiger partial charge is 0.165 e. The van der Waals surface area contributed by atoms with Crippen molar-refractivity contribution < 1.29 is 17.6 Å². The van der Waals surface area contributed by atoms with E-state index in [2.05, 4.69) is 65.8 Å². The first-order valence-corrected chi connectivity index (χ1v) is 12.5. The zero-order chi connectivity index (χ0) is 28.3. The van der Waals surface area contributed by atoms with Crippen LogP contribution in [0.3, 0.4) is 0 Å². The summed E-state index contributed by atoms with van der Waals surface area (Å²) in [6.45, 7) is 21.2. The van der Waals surface area contributed by atoms with Gasteiger partial charge in [-0.15, -0.1) is 0 Å². The monoisotopic (exact) mass is 503 g/mol. The van der Waals surface area contributed by atoms with Crippen LogP contribution in [0.2, 0.25) is 12.6 Å². The van der Waals surface area contributed by atoms with Crippen LogP contribution < -0.4 is 0 Å². The third-order valence-electron chi connectivity index (χ3n) is 4.57. The van der Waals surface area contributed by atoms with E-state index in [9.17, 15) is 17.6 Å². The third kappa shape index (κ3) is 16.9. The molecule has 2 aromatic carbocycles. The fourth-order valence-corrected chi connectivity index (χ4v) is 2.37. The van der Waals surface area contributed by atoms with Crippen LogP contribution in [0.5, 0.6) is 0 Å². The van der Waals surface area contributed by atoms with Gasteiger partial charge in [0.2, 0.25) is 0 Å². The molecule has 36 heavy (non-hydrogen) atoms. The van der Waals surface area contributed by atoms with E-state index in [1.54, 1.807) is 0 Å². The largest absolute Gasteiger partial charge is 0.203 e. The Kier molecular flexibility index (Phi) is 27.3. The van der Waals surface area contributed by atoms with Crippen molar-refractivity contribution in [3.05, 3.63) is 69.8 Å². The SMILES string of the molecule is CC.CC(C)C.CCc1ccccc1C(C)C.Cc1c(F)c(F)c(C)c(F)c1F.[B].[B]CC(C)C[B]. The van der Waals surface area contributed by atoms with Gasteiger partial charge in [-0.05, 0) is 43.2 Å². The van der Waals surface area contributed by atoms with Crippen LogP contribution >= 0.6 is 0 Å². The van der Waals surface area contributed by atoms with Gasteiger partial charge < -0.3 is 0 Å². The number of halogens is 4. The van der Waals surface area contributed by atoms with E-state index < -0.39 is 34.4 Å². The molecule has 0 atom stereocenters. The Morgan fingerprint density at radius 2 is 1.00 bits per heavy atom. The quantitative estimate of drug-likeness (QED) is 0.222. The fourth-order valence-electron chi connectivity index (χ4n) is 2.37. The molecule has 0 aromatic heterocycles. The molecule has 0 N–H and O–H groups in total. The van der Waals surface area contributed by atoms with Crippen LogP contribution in [0.15, 0.2) is 24.3 Å². The van der Waals surface area contributed by atoms with Crippen LogP contribution in [0.4, 0.5) is 17.6 Å². The minimum absolute atomic E-state index is 0. The molecule has 0 aliphatic heterocycles. The highest BCUT2D eigenvalue weighted by Crippen LogP contribution is 2.22. The van der Waals surface area contributed by atoms with Gasteiger partial charge in [0.25, 0.3) is 0 Å². The topological polar surface area (TPSA) is 0 Å². The summed E-state index contributed by atoms with van der Waals surface area (Å²) in [4.78, 5) is 0. The van der Waals surface area contributed by atoms with Gasteiger partial charge >= 0.3 is 0 Å². The lowest BCUT2D eigenvalue weighted by Crippen LogP contribution is -2.02. The van der Waals surface area contributed by atoms with Crippen molar-refractivity contribution in [3.8, 4) is 0 Å². The lowest BCUT2D eigenvalue weighted by molar-refractivity contribution is 0.436. The van der Waals surface area contributed by atoms with Gasteiger partial charge in [0.15, 0.2) is 23.3 Å². The maximum Gasteiger partial charge on any atom is 0.165 e. The van der Waals surface area contributed by atoms with E-state index in [0.29, 0.717) is 24.5 Å². The third-order valence-corrected chi connectivity index (χ3v) is 4.57. The zero-order valence-corrected chi connectivity index (χ0v) is 24.4. The zero-order valence-electron chi connectivity index (χ0n) is 24.4. The van der Waals surface area contributed by atoms with Gasteiger partial charge in [-0.3, -0.25) is 0 Å². The number of rotatable bonds is 4. The molecule has 0 bridgehead atoms. The molecule has 0 saturated carbocycles. The number of hydrogen-bond donors (Lipinski definition) is 0. The van der Waals surface area contributed by atoms with E-state index in [-0.39, 0.29) is 8.41 Å². The molecule has 199 valence electrons. The van der Waals surface area contributed by atoms with Crippen molar-refractivity contribution in [3.63, 3.8) is 0 Å². The predicted octanol–water partition coefficient (Wildman–Crippen LogP) is 9.34. The normalized spacial score (nSPS) is 9.50. The molecular weight excluding hydrogens is 457 g/mol. The molecule has 0 aliphatic rings. The van der Waals surface area contributed by atoms with Gasteiger partial charge in [-0.1, -0.05) is 105 Å². The average Bonchev–Trinajstić information content (AvgIpc) is 2.86. The highest BCUT2D eigenvalue weighted by Gasteiger charge is 2.19. The molecule has 0 aliphatic carbocycles. The maximum absolute atomic E-state index is 12.7. The van der Waals surface area contributed by atoms with Crippen molar-refractivity contribution in [1.82, 2.24) is 0 Å². The number of hydrogen-bond acceptors (Lipinski definition) is 0. The predicted molar refractivity (Wildman–Crippen MR) is 154 cm³/mol. The summed E-state index contributed by atoms with van der Waals surface area (Å²) in [5.74, 6) is -3.33. The van der Waals surface area contributed by atoms with Gasteiger partial charge in [-0.2, -0.15) is 0 Å². The van der Waals surface area contributed by atoms with Gasteiger partial charge in [-0.25, -0.2) is 17.6 Å². The first-order chi connectivity index (χ1) is 16.3. The van der Waals surface area contributed by atoms with Crippen LogP contribution in [0, 0.1) is 49.0 Å². The lowest BCUT2D eigenvalue weighted by Gasteiger charge is -2.09. The average molecular weight is 503 g/mol. The molecule has 7 heteroatoms. The maximum atomic E-state index is 12.7. The summed E-state index contributed by atoms with van der Waals surface area (Å²) in [6, 6.07) is 8.68. The van der Waals surface area contributed by atoms with E-state index in [4.69, 9.17) is 15.7 Å². The first-order valence-electron chi connectivity index (χ1n) is 12.5. The van der Waals surface area contributed by atoms with Crippen LogP contribution in [0.1, 0.15) is 90.5 Å².